The summed E-state index contributed by atoms with van der Waals surface area (Å²) in [5.41, 5.74) is 6.39. The number of hydrogen-bond acceptors (Lipinski definition) is 2. The van der Waals surface area contributed by atoms with Crippen molar-refractivity contribution in [1.82, 2.24) is 5.32 Å². The van der Waals surface area contributed by atoms with Crippen LogP contribution in [-0.4, -0.2) is 24.7 Å². The first-order valence-electron chi connectivity index (χ1n) is 4.49. The fourth-order valence-corrected chi connectivity index (χ4v) is 1.29. The first-order chi connectivity index (χ1) is 7.58. The van der Waals surface area contributed by atoms with Gasteiger partial charge in [-0.15, -0.1) is 11.6 Å². The molecule has 0 aliphatic carbocycles. The van der Waals surface area contributed by atoms with Gasteiger partial charge < -0.3 is 11.1 Å². The number of aliphatic imine (C=N–C) groups is 1. The number of amidine groups is 1. The number of nitrogens with two attached hydrogens (primary N) is 1. The highest BCUT2D eigenvalue weighted by molar-refractivity contribution is 6.33. The minimum Gasteiger partial charge on any atom is -0.386 e. The standard InChI is InChI=1S/C10H11Cl2N3O/c1-14-10(16)6-2-3-7(12)8(4-6)15-9(13)5-11/h2-4H,5H2,1H3,(H2,13,15)(H,14,16). The van der Waals surface area contributed by atoms with Gasteiger partial charge in [-0.1, -0.05) is 11.6 Å². The van der Waals surface area contributed by atoms with Crippen molar-refractivity contribution in [3.8, 4) is 0 Å². The fourth-order valence-electron chi connectivity index (χ4n) is 1.07. The SMILES string of the molecule is CNC(=O)c1ccc(Cl)c(N=C(N)CCl)c1. The number of nitrogens with one attached hydrogen (secondary N) is 1. The van der Waals surface area contributed by atoms with Crippen LogP contribution in [0.2, 0.25) is 5.02 Å². The molecule has 0 radical (unpaired) electrons. The molecule has 0 saturated heterocycles. The van der Waals surface area contributed by atoms with Gasteiger partial charge >= 0.3 is 0 Å². The highest BCUT2D eigenvalue weighted by Gasteiger charge is 2.07. The molecule has 4 nitrogen and oxygen atoms in total. The molecule has 1 aromatic rings. The van der Waals surface area contributed by atoms with Gasteiger partial charge in [0.15, 0.2) is 0 Å². The number of carbonyl (C=O) groups is 1. The van der Waals surface area contributed by atoms with Gasteiger partial charge in [0.1, 0.15) is 5.84 Å². The molecular weight excluding hydrogens is 249 g/mol. The minimum atomic E-state index is -0.211. The van der Waals surface area contributed by atoms with Crippen molar-refractivity contribution in [2.24, 2.45) is 10.7 Å². The summed E-state index contributed by atoms with van der Waals surface area (Å²) in [6, 6.07) is 4.75. The van der Waals surface area contributed by atoms with Crippen LogP contribution in [0.1, 0.15) is 10.4 Å². The number of rotatable bonds is 3. The summed E-state index contributed by atoms with van der Waals surface area (Å²) in [5.74, 6) is 0.149. The molecule has 0 aliphatic heterocycles. The number of hydrogen-bond donors (Lipinski definition) is 2. The lowest BCUT2D eigenvalue weighted by atomic mass is 10.2. The summed E-state index contributed by atoms with van der Waals surface area (Å²) < 4.78 is 0. The van der Waals surface area contributed by atoms with E-state index in [1.54, 1.807) is 25.2 Å². The summed E-state index contributed by atoms with van der Waals surface area (Å²) in [5, 5.41) is 2.92. The van der Waals surface area contributed by atoms with Gasteiger partial charge in [0.05, 0.1) is 16.6 Å². The monoisotopic (exact) mass is 259 g/mol. The van der Waals surface area contributed by atoms with Crippen molar-refractivity contribution >= 4 is 40.6 Å². The zero-order valence-corrected chi connectivity index (χ0v) is 10.1. The summed E-state index contributed by atoms with van der Waals surface area (Å²) in [6.45, 7) is 0. The predicted molar refractivity (Wildman–Crippen MR) is 66.8 cm³/mol. The molecule has 0 atom stereocenters. The Labute approximate surface area is 103 Å². The second-order valence-corrected chi connectivity index (χ2v) is 3.66. The lowest BCUT2D eigenvalue weighted by Gasteiger charge is -2.03. The Morgan fingerprint density at radius 3 is 2.81 bits per heavy atom. The quantitative estimate of drug-likeness (QED) is 0.495. The Morgan fingerprint density at radius 1 is 1.56 bits per heavy atom. The third-order valence-corrected chi connectivity index (χ3v) is 2.43. The second kappa shape index (κ2) is 5.72. The average Bonchev–Trinajstić information content (AvgIpc) is 2.30. The second-order valence-electron chi connectivity index (χ2n) is 2.98. The van der Waals surface area contributed by atoms with Crippen LogP contribution in [0.3, 0.4) is 0 Å². The third kappa shape index (κ3) is 3.12. The Kier molecular flexibility index (Phi) is 4.58. The van der Waals surface area contributed by atoms with Crippen molar-refractivity contribution in [3.63, 3.8) is 0 Å². The number of benzene rings is 1. The molecular formula is C10H11Cl2N3O. The van der Waals surface area contributed by atoms with Gasteiger partial charge in [0.2, 0.25) is 0 Å². The molecule has 86 valence electrons. The molecule has 0 aliphatic rings. The van der Waals surface area contributed by atoms with Crippen LogP contribution in [0.25, 0.3) is 0 Å². The number of carbonyl (C=O) groups excluding carboxylic acids is 1. The first-order valence-corrected chi connectivity index (χ1v) is 5.40. The van der Waals surface area contributed by atoms with Crippen LogP contribution in [0.4, 0.5) is 5.69 Å². The van der Waals surface area contributed by atoms with E-state index in [0.29, 0.717) is 16.3 Å². The van der Waals surface area contributed by atoms with Crippen molar-refractivity contribution in [2.75, 3.05) is 12.9 Å². The Bertz CT molecular complexity index is 432. The van der Waals surface area contributed by atoms with Crippen molar-refractivity contribution < 1.29 is 4.79 Å². The zero-order valence-electron chi connectivity index (χ0n) is 8.63. The van der Waals surface area contributed by atoms with E-state index in [1.165, 1.54) is 0 Å². The van der Waals surface area contributed by atoms with Crippen LogP contribution in [0.5, 0.6) is 0 Å². The molecule has 0 saturated carbocycles. The topological polar surface area (TPSA) is 67.5 Å². The molecule has 3 N–H and O–H groups in total. The van der Waals surface area contributed by atoms with Gasteiger partial charge in [0, 0.05) is 12.6 Å². The lowest BCUT2D eigenvalue weighted by Crippen LogP contribution is -2.17. The van der Waals surface area contributed by atoms with E-state index in [1.807, 2.05) is 0 Å². The summed E-state index contributed by atoms with van der Waals surface area (Å²) in [4.78, 5) is 15.4. The fraction of sp³-hybridized carbons (Fsp3) is 0.200. The van der Waals surface area contributed by atoms with E-state index in [4.69, 9.17) is 28.9 Å². The van der Waals surface area contributed by atoms with Crippen molar-refractivity contribution in [2.45, 2.75) is 0 Å². The van der Waals surface area contributed by atoms with Gasteiger partial charge in [-0.05, 0) is 18.2 Å². The summed E-state index contributed by atoms with van der Waals surface area (Å²) in [6.07, 6.45) is 0. The molecule has 6 heteroatoms. The molecule has 0 heterocycles. The predicted octanol–water partition coefficient (Wildman–Crippen LogP) is 1.93. The molecule has 0 fully saturated rings. The van der Waals surface area contributed by atoms with Crippen LogP contribution in [0, 0.1) is 0 Å². The molecule has 1 rings (SSSR count). The maximum atomic E-state index is 11.4. The first kappa shape index (κ1) is 12.8. The largest absolute Gasteiger partial charge is 0.386 e. The smallest absolute Gasteiger partial charge is 0.251 e. The van der Waals surface area contributed by atoms with E-state index in [0.717, 1.165) is 0 Å². The molecule has 0 bridgehead atoms. The van der Waals surface area contributed by atoms with E-state index in [2.05, 4.69) is 10.3 Å². The third-order valence-electron chi connectivity index (χ3n) is 1.84. The van der Waals surface area contributed by atoms with Gasteiger partial charge in [-0.3, -0.25) is 4.79 Å². The van der Waals surface area contributed by atoms with Crippen molar-refractivity contribution in [1.29, 1.82) is 0 Å². The molecule has 0 unspecified atom stereocenters. The van der Waals surface area contributed by atoms with Gasteiger partial charge in [-0.25, -0.2) is 4.99 Å². The number of halogens is 2. The van der Waals surface area contributed by atoms with E-state index >= 15 is 0 Å². The lowest BCUT2D eigenvalue weighted by molar-refractivity contribution is 0.0963. The minimum absolute atomic E-state index is 0.112. The van der Waals surface area contributed by atoms with Crippen LogP contribution < -0.4 is 11.1 Å². The summed E-state index contributed by atoms with van der Waals surface area (Å²) in [7, 11) is 1.55. The molecule has 0 spiro atoms. The molecule has 0 aromatic heterocycles. The zero-order chi connectivity index (χ0) is 12.1. The number of nitrogens with zero attached hydrogens (tertiary/aromatic N) is 1. The summed E-state index contributed by atoms with van der Waals surface area (Å²) >= 11 is 11.4. The molecule has 1 aromatic carbocycles. The Hall–Kier alpha value is -1.26. The van der Waals surface area contributed by atoms with Crippen LogP contribution in [-0.2, 0) is 0 Å². The van der Waals surface area contributed by atoms with E-state index < -0.39 is 0 Å². The maximum absolute atomic E-state index is 11.4. The van der Waals surface area contributed by atoms with Crippen LogP contribution in [0.15, 0.2) is 23.2 Å². The van der Waals surface area contributed by atoms with E-state index in [9.17, 15) is 4.79 Å². The maximum Gasteiger partial charge on any atom is 0.251 e. The molecule has 16 heavy (non-hydrogen) atoms. The molecule has 1 amide bonds. The normalized spacial score (nSPS) is 11.3. The Balaban J connectivity index is 3.14. The van der Waals surface area contributed by atoms with Crippen LogP contribution >= 0.6 is 23.2 Å². The average molecular weight is 260 g/mol. The highest BCUT2D eigenvalue weighted by Crippen LogP contribution is 2.26. The van der Waals surface area contributed by atoms with E-state index in [-0.39, 0.29) is 17.6 Å². The Morgan fingerprint density at radius 2 is 2.25 bits per heavy atom. The van der Waals surface area contributed by atoms with Gasteiger partial charge in [0.25, 0.3) is 5.91 Å². The van der Waals surface area contributed by atoms with Gasteiger partial charge in [-0.2, -0.15) is 0 Å². The highest BCUT2D eigenvalue weighted by atomic mass is 35.5. The number of amides is 1. The number of alkyl halides is 1. The van der Waals surface area contributed by atoms with Crippen molar-refractivity contribution in [3.05, 3.63) is 28.8 Å².